The van der Waals surface area contributed by atoms with Gasteiger partial charge in [0.2, 0.25) is 5.91 Å². The van der Waals surface area contributed by atoms with Crippen molar-refractivity contribution in [2.45, 2.75) is 47.0 Å². The molecule has 0 spiro atoms. The minimum Gasteiger partial charge on any atom is -0.483 e. The van der Waals surface area contributed by atoms with Gasteiger partial charge in [-0.3, -0.25) is 9.59 Å². The largest absolute Gasteiger partial charge is 0.483 e. The van der Waals surface area contributed by atoms with Gasteiger partial charge in [0, 0.05) is 32.1 Å². The number of aryl methyl sites for hydroxylation is 1. The van der Waals surface area contributed by atoms with Crippen LogP contribution in [-0.2, 0) is 9.59 Å². The van der Waals surface area contributed by atoms with Gasteiger partial charge in [0.1, 0.15) is 5.75 Å². The number of carbonyl (C=O) groups is 2. The molecule has 1 aromatic carbocycles. The summed E-state index contributed by atoms with van der Waals surface area (Å²) in [6, 6.07) is 5.87. The van der Waals surface area contributed by atoms with E-state index in [-0.39, 0.29) is 24.3 Å². The van der Waals surface area contributed by atoms with E-state index < -0.39 is 0 Å². The third-order valence-electron chi connectivity index (χ3n) is 5.40. The normalized spacial score (nSPS) is 15.1. The molecule has 0 N–H and O–H groups in total. The van der Waals surface area contributed by atoms with E-state index >= 15 is 0 Å². The number of rotatable bonds is 6. The molecular weight excluding hydrogens is 328 g/mol. The van der Waals surface area contributed by atoms with Crippen LogP contribution in [0.25, 0.3) is 0 Å². The Kier molecular flexibility index (Phi) is 7.49. The maximum Gasteiger partial charge on any atom is 0.260 e. The van der Waals surface area contributed by atoms with Gasteiger partial charge in [0.15, 0.2) is 6.61 Å². The van der Waals surface area contributed by atoms with E-state index in [1.54, 1.807) is 0 Å². The van der Waals surface area contributed by atoms with Gasteiger partial charge in [0.05, 0.1) is 0 Å². The molecule has 0 bridgehead atoms. The highest BCUT2D eigenvalue weighted by molar-refractivity contribution is 5.80. The summed E-state index contributed by atoms with van der Waals surface area (Å²) in [5.74, 6) is 1.09. The molecule has 5 nitrogen and oxygen atoms in total. The molecule has 1 aromatic rings. The standard InChI is InChI=1S/C21H32N2O3/c1-5-18(6-2)21(25)23-12-8-11-22(13-14-23)20(24)15-26-19-10-7-9-16(3)17(19)4/h7,9-10,18H,5-6,8,11-15H2,1-4H3. The lowest BCUT2D eigenvalue weighted by Gasteiger charge is -2.25. The van der Waals surface area contributed by atoms with Crippen molar-refractivity contribution >= 4 is 11.8 Å². The summed E-state index contributed by atoms with van der Waals surface area (Å²) in [5.41, 5.74) is 2.22. The number of nitrogens with zero attached hydrogens (tertiary/aromatic N) is 2. The van der Waals surface area contributed by atoms with E-state index in [4.69, 9.17) is 4.74 Å². The van der Waals surface area contributed by atoms with Crippen LogP contribution in [0.15, 0.2) is 18.2 Å². The molecule has 26 heavy (non-hydrogen) atoms. The van der Waals surface area contributed by atoms with Crippen molar-refractivity contribution in [2.24, 2.45) is 5.92 Å². The third-order valence-corrected chi connectivity index (χ3v) is 5.40. The van der Waals surface area contributed by atoms with Crippen molar-refractivity contribution in [1.82, 2.24) is 9.80 Å². The van der Waals surface area contributed by atoms with E-state index in [9.17, 15) is 9.59 Å². The van der Waals surface area contributed by atoms with Gasteiger partial charge in [-0.2, -0.15) is 0 Å². The molecule has 0 aliphatic carbocycles. The number of carbonyl (C=O) groups excluding carboxylic acids is 2. The Morgan fingerprint density at radius 2 is 1.69 bits per heavy atom. The summed E-state index contributed by atoms with van der Waals surface area (Å²) in [7, 11) is 0. The number of amides is 2. The van der Waals surface area contributed by atoms with Crippen LogP contribution in [0.4, 0.5) is 0 Å². The van der Waals surface area contributed by atoms with E-state index in [1.807, 2.05) is 41.8 Å². The van der Waals surface area contributed by atoms with Crippen molar-refractivity contribution < 1.29 is 14.3 Å². The van der Waals surface area contributed by atoms with Crippen LogP contribution in [-0.4, -0.2) is 54.4 Å². The van der Waals surface area contributed by atoms with Gasteiger partial charge in [-0.15, -0.1) is 0 Å². The molecule has 2 amide bonds. The predicted octanol–water partition coefficient (Wildman–Crippen LogP) is 3.18. The first-order chi connectivity index (χ1) is 12.5. The van der Waals surface area contributed by atoms with Gasteiger partial charge >= 0.3 is 0 Å². The van der Waals surface area contributed by atoms with E-state index in [0.29, 0.717) is 19.6 Å². The zero-order valence-corrected chi connectivity index (χ0v) is 16.6. The fourth-order valence-corrected chi connectivity index (χ4v) is 3.39. The quantitative estimate of drug-likeness (QED) is 0.783. The van der Waals surface area contributed by atoms with Crippen LogP contribution in [0.1, 0.15) is 44.2 Å². The first kappa shape index (κ1) is 20.3. The van der Waals surface area contributed by atoms with E-state index in [1.165, 1.54) is 0 Å². The highest BCUT2D eigenvalue weighted by Gasteiger charge is 2.25. The number of hydrogen-bond acceptors (Lipinski definition) is 3. The monoisotopic (exact) mass is 360 g/mol. The molecule has 5 heteroatoms. The summed E-state index contributed by atoms with van der Waals surface area (Å²) in [4.78, 5) is 28.9. The highest BCUT2D eigenvalue weighted by Crippen LogP contribution is 2.20. The minimum absolute atomic E-state index is 0.0114. The molecule has 0 radical (unpaired) electrons. The zero-order chi connectivity index (χ0) is 19.1. The Hall–Kier alpha value is -2.04. The lowest BCUT2D eigenvalue weighted by atomic mass is 10.0. The summed E-state index contributed by atoms with van der Waals surface area (Å²) >= 11 is 0. The SMILES string of the molecule is CCC(CC)C(=O)N1CCCN(C(=O)COc2cccc(C)c2C)CC1. The van der Waals surface area contributed by atoms with Crippen LogP contribution in [0.3, 0.4) is 0 Å². The molecule has 1 fully saturated rings. The van der Waals surface area contributed by atoms with Crippen molar-refractivity contribution in [3.05, 3.63) is 29.3 Å². The fraction of sp³-hybridized carbons (Fsp3) is 0.619. The maximum absolute atomic E-state index is 12.6. The first-order valence-corrected chi connectivity index (χ1v) is 9.73. The molecule has 1 saturated heterocycles. The first-order valence-electron chi connectivity index (χ1n) is 9.73. The average Bonchev–Trinajstić information content (AvgIpc) is 2.90. The summed E-state index contributed by atoms with van der Waals surface area (Å²) in [6.07, 6.45) is 2.57. The Morgan fingerprint density at radius 3 is 2.38 bits per heavy atom. The number of hydrogen-bond donors (Lipinski definition) is 0. The molecule has 1 aliphatic heterocycles. The van der Waals surface area contributed by atoms with Crippen molar-refractivity contribution in [3.8, 4) is 5.75 Å². The predicted molar refractivity (Wildman–Crippen MR) is 103 cm³/mol. The Labute approximate surface area is 157 Å². The molecule has 0 atom stereocenters. The smallest absolute Gasteiger partial charge is 0.260 e. The fourth-order valence-electron chi connectivity index (χ4n) is 3.39. The second kappa shape index (κ2) is 9.60. The molecular formula is C21H32N2O3. The maximum atomic E-state index is 12.6. The Morgan fingerprint density at radius 1 is 1.04 bits per heavy atom. The third kappa shape index (κ3) is 4.99. The number of benzene rings is 1. The summed E-state index contributed by atoms with van der Waals surface area (Å²) in [5, 5.41) is 0. The van der Waals surface area contributed by atoms with Gasteiger partial charge in [-0.1, -0.05) is 26.0 Å². The zero-order valence-electron chi connectivity index (χ0n) is 16.6. The molecule has 0 saturated carbocycles. The van der Waals surface area contributed by atoms with Gasteiger partial charge in [-0.05, 0) is 50.3 Å². The van der Waals surface area contributed by atoms with Crippen LogP contribution in [0.5, 0.6) is 5.75 Å². The molecule has 0 aromatic heterocycles. The molecule has 1 heterocycles. The van der Waals surface area contributed by atoms with Crippen LogP contribution < -0.4 is 4.74 Å². The highest BCUT2D eigenvalue weighted by atomic mass is 16.5. The van der Waals surface area contributed by atoms with Crippen molar-refractivity contribution in [1.29, 1.82) is 0 Å². The van der Waals surface area contributed by atoms with Gasteiger partial charge in [0.25, 0.3) is 5.91 Å². The van der Waals surface area contributed by atoms with E-state index in [0.717, 1.165) is 42.7 Å². The van der Waals surface area contributed by atoms with E-state index in [2.05, 4.69) is 13.8 Å². The minimum atomic E-state index is -0.0114. The molecule has 1 aliphatic rings. The van der Waals surface area contributed by atoms with Crippen molar-refractivity contribution in [3.63, 3.8) is 0 Å². The van der Waals surface area contributed by atoms with Crippen LogP contribution >= 0.6 is 0 Å². The molecule has 144 valence electrons. The van der Waals surface area contributed by atoms with Crippen LogP contribution in [0.2, 0.25) is 0 Å². The van der Waals surface area contributed by atoms with Crippen molar-refractivity contribution in [2.75, 3.05) is 32.8 Å². The summed E-state index contributed by atoms with van der Waals surface area (Å²) < 4.78 is 5.75. The Balaban J connectivity index is 1.89. The topological polar surface area (TPSA) is 49.9 Å². The summed E-state index contributed by atoms with van der Waals surface area (Å²) in [6.45, 7) is 10.8. The lowest BCUT2D eigenvalue weighted by Crippen LogP contribution is -2.41. The van der Waals surface area contributed by atoms with Gasteiger partial charge < -0.3 is 14.5 Å². The number of ether oxygens (including phenoxy) is 1. The average molecular weight is 360 g/mol. The second-order valence-corrected chi connectivity index (χ2v) is 7.06. The van der Waals surface area contributed by atoms with Gasteiger partial charge in [-0.25, -0.2) is 0 Å². The second-order valence-electron chi connectivity index (χ2n) is 7.06. The molecule has 0 unspecified atom stereocenters. The Bertz CT molecular complexity index is 626. The molecule has 2 rings (SSSR count). The lowest BCUT2D eigenvalue weighted by molar-refractivity contribution is -0.137. The van der Waals surface area contributed by atoms with Crippen LogP contribution in [0, 0.1) is 19.8 Å².